The number of carbonyl (C=O) groups excluding carboxylic acids is 2. The van der Waals surface area contributed by atoms with Crippen LogP contribution in [0.5, 0.6) is 0 Å². The van der Waals surface area contributed by atoms with E-state index in [0.717, 1.165) is 11.3 Å². The summed E-state index contributed by atoms with van der Waals surface area (Å²) >= 11 is 0. The van der Waals surface area contributed by atoms with Gasteiger partial charge in [-0.25, -0.2) is 4.79 Å². The molecule has 7 heteroatoms. The molecule has 1 heterocycles. The van der Waals surface area contributed by atoms with Gasteiger partial charge in [0.15, 0.2) is 6.10 Å². The van der Waals surface area contributed by atoms with Gasteiger partial charge in [0.2, 0.25) is 0 Å². The van der Waals surface area contributed by atoms with Gasteiger partial charge < -0.3 is 10.1 Å². The highest BCUT2D eigenvalue weighted by atomic mass is 16.5. The Kier molecular flexibility index (Phi) is 6.94. The second-order valence-electron chi connectivity index (χ2n) is 8.36. The third kappa shape index (κ3) is 4.97. The van der Waals surface area contributed by atoms with Gasteiger partial charge in [-0.15, -0.1) is 0 Å². The van der Waals surface area contributed by atoms with Crippen molar-refractivity contribution in [1.82, 2.24) is 5.32 Å². The number of ether oxygens (including phenoxy) is 1. The van der Waals surface area contributed by atoms with E-state index >= 15 is 0 Å². The van der Waals surface area contributed by atoms with Crippen molar-refractivity contribution in [1.29, 1.82) is 5.26 Å². The van der Waals surface area contributed by atoms with E-state index in [-0.39, 0.29) is 17.7 Å². The maximum absolute atomic E-state index is 12.9. The van der Waals surface area contributed by atoms with Crippen LogP contribution < -0.4 is 10.3 Å². The largest absolute Gasteiger partial charge is 0.448 e. The van der Waals surface area contributed by atoms with Crippen molar-refractivity contribution in [2.75, 3.05) is 5.01 Å². The molecule has 2 aromatic rings. The van der Waals surface area contributed by atoms with E-state index < -0.39 is 23.5 Å². The van der Waals surface area contributed by atoms with Crippen LogP contribution in [0, 0.1) is 17.2 Å². The first-order valence-corrected chi connectivity index (χ1v) is 10.7. The van der Waals surface area contributed by atoms with Crippen LogP contribution >= 0.6 is 0 Å². The van der Waals surface area contributed by atoms with Gasteiger partial charge in [0.1, 0.15) is 11.3 Å². The average molecular weight is 433 g/mol. The molecule has 0 unspecified atom stereocenters. The molecular formula is C25H28N4O3. The Morgan fingerprint density at radius 1 is 1.12 bits per heavy atom. The molecule has 1 amide bonds. The predicted molar refractivity (Wildman–Crippen MR) is 123 cm³/mol. The molecule has 0 aliphatic carbocycles. The lowest BCUT2D eigenvalue weighted by atomic mass is 9.90. The zero-order chi connectivity index (χ0) is 23.3. The number of hydrogen-bond donors (Lipinski definition) is 1. The minimum absolute atomic E-state index is 0.107. The predicted octanol–water partition coefficient (Wildman–Crippen LogP) is 3.98. The highest BCUT2D eigenvalue weighted by Gasteiger charge is 2.36. The monoisotopic (exact) mass is 432 g/mol. The smallest absolute Gasteiger partial charge is 0.355 e. The maximum Gasteiger partial charge on any atom is 0.355 e. The number of anilines is 1. The number of benzene rings is 2. The summed E-state index contributed by atoms with van der Waals surface area (Å²) in [5.41, 5.74) is 1.08. The molecule has 166 valence electrons. The molecule has 0 fully saturated rings. The molecule has 2 aromatic carbocycles. The van der Waals surface area contributed by atoms with E-state index in [1.807, 2.05) is 79.5 Å². The summed E-state index contributed by atoms with van der Waals surface area (Å²) in [5.74, 6) is -1.27. The maximum atomic E-state index is 12.9. The Morgan fingerprint density at radius 3 is 2.28 bits per heavy atom. The fraction of sp³-hybridized carbons (Fsp3) is 0.360. The Morgan fingerprint density at radius 2 is 1.72 bits per heavy atom. The van der Waals surface area contributed by atoms with Gasteiger partial charge in [-0.3, -0.25) is 9.80 Å². The van der Waals surface area contributed by atoms with Crippen LogP contribution in [0.15, 0.2) is 65.8 Å². The van der Waals surface area contributed by atoms with Crippen molar-refractivity contribution in [2.45, 2.75) is 51.8 Å². The number of nitrogens with one attached hydrogen (secondary N) is 1. The molecule has 1 aliphatic rings. The van der Waals surface area contributed by atoms with E-state index in [0.29, 0.717) is 6.42 Å². The number of nitrogens with zero attached hydrogens (tertiary/aromatic N) is 3. The number of para-hydroxylation sites is 1. The molecule has 0 bridgehead atoms. The van der Waals surface area contributed by atoms with Crippen LogP contribution in [0.4, 0.5) is 5.69 Å². The van der Waals surface area contributed by atoms with Crippen molar-refractivity contribution in [3.8, 4) is 6.07 Å². The Labute approximate surface area is 188 Å². The zero-order valence-electron chi connectivity index (χ0n) is 18.8. The minimum atomic E-state index is -1.06. The first-order chi connectivity index (χ1) is 15.2. The second-order valence-corrected chi connectivity index (χ2v) is 8.36. The summed E-state index contributed by atoms with van der Waals surface area (Å²) in [4.78, 5) is 25.4. The van der Waals surface area contributed by atoms with Gasteiger partial charge in [0.25, 0.3) is 5.91 Å². The van der Waals surface area contributed by atoms with Crippen molar-refractivity contribution < 1.29 is 14.3 Å². The summed E-state index contributed by atoms with van der Waals surface area (Å²) < 4.78 is 5.42. The average Bonchev–Trinajstić information content (AvgIpc) is 3.25. The molecule has 0 spiro atoms. The van der Waals surface area contributed by atoms with Crippen LogP contribution in [0.2, 0.25) is 0 Å². The summed E-state index contributed by atoms with van der Waals surface area (Å²) in [6.45, 7) is 6.82. The number of esters is 1. The topological polar surface area (TPSA) is 94.8 Å². The summed E-state index contributed by atoms with van der Waals surface area (Å²) in [5, 5.41) is 18.4. The first-order valence-electron chi connectivity index (χ1n) is 10.7. The lowest BCUT2D eigenvalue weighted by Crippen LogP contribution is -2.52. The van der Waals surface area contributed by atoms with Crippen LogP contribution in [-0.4, -0.2) is 29.2 Å². The molecule has 7 nitrogen and oxygen atoms in total. The highest BCUT2D eigenvalue weighted by molar-refractivity contribution is 6.37. The van der Waals surface area contributed by atoms with E-state index in [1.54, 1.807) is 6.92 Å². The number of rotatable bonds is 7. The van der Waals surface area contributed by atoms with Crippen LogP contribution in [0.25, 0.3) is 0 Å². The number of hydrogen-bond acceptors (Lipinski definition) is 6. The van der Waals surface area contributed by atoms with Gasteiger partial charge in [-0.2, -0.15) is 10.4 Å². The van der Waals surface area contributed by atoms with E-state index in [1.165, 1.54) is 6.92 Å². The molecule has 0 saturated heterocycles. The second kappa shape index (κ2) is 9.65. The molecule has 1 aliphatic heterocycles. The summed E-state index contributed by atoms with van der Waals surface area (Å²) in [6.07, 6.45) is -0.703. The Balaban J connectivity index is 1.76. The van der Waals surface area contributed by atoms with E-state index in [9.17, 15) is 14.9 Å². The zero-order valence-corrected chi connectivity index (χ0v) is 18.8. The molecule has 1 N–H and O–H groups in total. The summed E-state index contributed by atoms with van der Waals surface area (Å²) in [7, 11) is 0. The molecule has 0 aromatic heterocycles. The van der Waals surface area contributed by atoms with Crippen LogP contribution in [0.1, 0.15) is 45.7 Å². The van der Waals surface area contributed by atoms with Crippen LogP contribution in [-0.2, 0) is 14.3 Å². The fourth-order valence-corrected chi connectivity index (χ4v) is 3.33. The number of hydrazone groups is 1. The normalized spacial score (nSPS) is 18.3. The van der Waals surface area contributed by atoms with Crippen LogP contribution in [0.3, 0.4) is 0 Å². The molecule has 0 saturated carbocycles. The molecule has 3 atom stereocenters. The van der Waals surface area contributed by atoms with E-state index in [2.05, 4.69) is 16.5 Å². The first kappa shape index (κ1) is 23.0. The Bertz CT molecular complexity index is 1030. The number of amides is 1. The standard InChI is InChI=1S/C25H28N4O3/c1-17(2)25(4,16-26)27-23(30)18(3)32-24(31)21-15-22(19-11-7-5-8-12-19)29(28-21)20-13-9-6-10-14-20/h5-14,17-18,22H,15H2,1-4H3,(H,27,30)/t18-,22-,25+/m0/s1. The van der Waals surface area contributed by atoms with Crippen molar-refractivity contribution in [2.24, 2.45) is 11.0 Å². The molecule has 0 radical (unpaired) electrons. The van der Waals surface area contributed by atoms with Crippen molar-refractivity contribution in [3.63, 3.8) is 0 Å². The lowest BCUT2D eigenvalue weighted by molar-refractivity contribution is -0.149. The van der Waals surface area contributed by atoms with Gasteiger partial charge in [0.05, 0.1) is 17.8 Å². The SMILES string of the molecule is CC(C)[C@@](C)(C#N)NC(=O)[C@H](C)OC(=O)C1=NN(c2ccccc2)[C@H](c2ccccc2)C1. The van der Waals surface area contributed by atoms with Gasteiger partial charge in [0, 0.05) is 6.42 Å². The Hall–Kier alpha value is -3.66. The number of nitriles is 1. The summed E-state index contributed by atoms with van der Waals surface area (Å²) in [6, 6.07) is 21.4. The molecule has 3 rings (SSSR count). The lowest BCUT2D eigenvalue weighted by Gasteiger charge is -2.28. The molecular weight excluding hydrogens is 404 g/mol. The quantitative estimate of drug-likeness (QED) is 0.668. The van der Waals surface area contributed by atoms with E-state index in [4.69, 9.17) is 4.74 Å². The third-order valence-corrected chi connectivity index (χ3v) is 5.77. The minimum Gasteiger partial charge on any atom is -0.448 e. The van der Waals surface area contributed by atoms with Gasteiger partial charge in [-0.1, -0.05) is 62.4 Å². The van der Waals surface area contributed by atoms with Crippen molar-refractivity contribution >= 4 is 23.3 Å². The fourth-order valence-electron chi connectivity index (χ4n) is 3.33. The third-order valence-electron chi connectivity index (χ3n) is 5.77. The van der Waals surface area contributed by atoms with Crippen molar-refractivity contribution in [3.05, 3.63) is 66.2 Å². The molecule has 32 heavy (non-hydrogen) atoms. The number of carbonyl (C=O) groups is 2. The highest BCUT2D eigenvalue weighted by Crippen LogP contribution is 2.35. The van der Waals surface area contributed by atoms with Gasteiger partial charge in [-0.05, 0) is 37.5 Å². The van der Waals surface area contributed by atoms with Gasteiger partial charge >= 0.3 is 5.97 Å².